The van der Waals surface area contributed by atoms with Gasteiger partial charge in [0.25, 0.3) is 0 Å². The lowest BCUT2D eigenvalue weighted by Gasteiger charge is -2.12. The Morgan fingerprint density at radius 2 is 0.600 bits per heavy atom. The predicted octanol–water partition coefficient (Wildman–Crippen LogP) is 12.7. The van der Waals surface area contributed by atoms with Crippen molar-refractivity contribution in [2.75, 3.05) is 13.2 Å². The summed E-state index contributed by atoms with van der Waals surface area (Å²) in [6, 6.07) is 0. The third-order valence-electron chi connectivity index (χ3n) is 6.99. The minimum absolute atomic E-state index is 0.527. The first-order valence-electron chi connectivity index (χ1n) is 15.7. The van der Waals surface area contributed by atoms with Gasteiger partial charge in [0.15, 0.2) is 0 Å². The number of halogens is 1. The van der Waals surface area contributed by atoms with E-state index >= 15 is 0 Å². The Kier molecular flexibility index (Phi) is 29.7. The molecule has 0 atom stereocenters. The maximum Gasteiger partial charge on any atom is 0.396 e. The molecule has 0 rings (SSSR count). The molecule has 0 aromatic heterocycles. The number of hydrogen-bond acceptors (Lipinski definition) is 3. The SMILES string of the molecule is CCCCCCCCCCCCCCCOP(=O)(Br)OCCCCCCCCCCCCCCC. The van der Waals surface area contributed by atoms with Gasteiger partial charge in [-0.3, -0.25) is 0 Å². The van der Waals surface area contributed by atoms with Gasteiger partial charge >= 0.3 is 6.30 Å². The second-order valence-corrected chi connectivity index (χ2v) is 14.6. The molecular weight excluding hydrogens is 519 g/mol. The molecule has 0 aromatic carbocycles. The summed E-state index contributed by atoms with van der Waals surface area (Å²) in [5, 5.41) is 0. The highest BCUT2D eigenvalue weighted by Crippen LogP contribution is 2.56. The lowest BCUT2D eigenvalue weighted by Crippen LogP contribution is -1.96. The van der Waals surface area contributed by atoms with Crippen molar-refractivity contribution in [3.8, 4) is 0 Å². The Hall–Kier alpha value is 0.630. The van der Waals surface area contributed by atoms with E-state index in [-0.39, 0.29) is 0 Å². The topological polar surface area (TPSA) is 35.5 Å². The van der Waals surface area contributed by atoms with E-state index in [1.807, 2.05) is 0 Å². The average Bonchev–Trinajstić information content (AvgIpc) is 2.84. The zero-order chi connectivity index (χ0) is 25.7. The largest absolute Gasteiger partial charge is 0.396 e. The van der Waals surface area contributed by atoms with E-state index in [9.17, 15) is 4.57 Å². The van der Waals surface area contributed by atoms with Crippen molar-refractivity contribution in [2.45, 2.75) is 181 Å². The van der Waals surface area contributed by atoms with Crippen molar-refractivity contribution in [1.29, 1.82) is 0 Å². The summed E-state index contributed by atoms with van der Waals surface area (Å²) in [6.07, 6.45) is 31.5. The molecule has 212 valence electrons. The molecule has 5 heteroatoms. The van der Waals surface area contributed by atoms with Crippen LogP contribution in [0.5, 0.6) is 0 Å². The van der Waals surface area contributed by atoms with Gasteiger partial charge in [-0.15, -0.1) is 0 Å². The van der Waals surface area contributed by atoms with Crippen molar-refractivity contribution < 1.29 is 13.6 Å². The van der Waals surface area contributed by atoms with Gasteiger partial charge in [0, 0.05) is 15.5 Å². The molecule has 0 aliphatic carbocycles. The van der Waals surface area contributed by atoms with Crippen molar-refractivity contribution in [1.82, 2.24) is 0 Å². The monoisotopic (exact) mass is 580 g/mol. The molecule has 0 radical (unpaired) electrons. The van der Waals surface area contributed by atoms with E-state index < -0.39 is 6.30 Å². The van der Waals surface area contributed by atoms with Crippen molar-refractivity contribution in [2.24, 2.45) is 0 Å². The maximum atomic E-state index is 12.3. The van der Waals surface area contributed by atoms with E-state index in [1.165, 1.54) is 141 Å². The zero-order valence-corrected chi connectivity index (χ0v) is 26.3. The second-order valence-electron chi connectivity index (χ2n) is 10.6. The Balaban J connectivity index is 3.28. The van der Waals surface area contributed by atoms with Crippen molar-refractivity contribution in [3.05, 3.63) is 0 Å². The normalized spacial score (nSPS) is 12.0. The Morgan fingerprint density at radius 3 is 0.829 bits per heavy atom. The van der Waals surface area contributed by atoms with Gasteiger partial charge in [-0.1, -0.05) is 168 Å². The fourth-order valence-corrected chi connectivity index (χ4v) is 6.26. The van der Waals surface area contributed by atoms with Crippen molar-refractivity contribution >= 4 is 21.8 Å². The number of unbranched alkanes of at least 4 members (excludes halogenated alkanes) is 24. The maximum absolute atomic E-state index is 12.3. The molecule has 0 fully saturated rings. The van der Waals surface area contributed by atoms with Gasteiger partial charge in [0.2, 0.25) is 0 Å². The van der Waals surface area contributed by atoms with Crippen LogP contribution in [0.25, 0.3) is 0 Å². The molecule has 0 aliphatic heterocycles. The first-order chi connectivity index (χ1) is 17.1. The average molecular weight is 582 g/mol. The molecule has 3 nitrogen and oxygen atoms in total. The summed E-state index contributed by atoms with van der Waals surface area (Å²) in [6.45, 7) is 5.61. The molecule has 0 spiro atoms. The van der Waals surface area contributed by atoms with Crippen LogP contribution in [-0.4, -0.2) is 13.2 Å². The first-order valence-corrected chi connectivity index (χ1v) is 19.3. The fraction of sp³-hybridized carbons (Fsp3) is 1.00. The van der Waals surface area contributed by atoms with Gasteiger partial charge in [0.05, 0.1) is 13.2 Å². The summed E-state index contributed by atoms with van der Waals surface area (Å²) >= 11 is 3.17. The molecule has 0 aromatic rings. The van der Waals surface area contributed by atoms with Crippen LogP contribution in [-0.2, 0) is 13.6 Å². The van der Waals surface area contributed by atoms with E-state index in [0.29, 0.717) is 13.2 Å². The molecule has 0 heterocycles. The molecule has 0 bridgehead atoms. The van der Waals surface area contributed by atoms with Crippen LogP contribution >= 0.6 is 21.8 Å². The first kappa shape index (κ1) is 35.6. The van der Waals surface area contributed by atoms with Crippen LogP contribution in [0.1, 0.15) is 181 Å². The van der Waals surface area contributed by atoms with E-state index in [1.54, 1.807) is 0 Å². The lowest BCUT2D eigenvalue weighted by molar-refractivity contribution is 0.213. The Bertz CT molecular complexity index is 411. The van der Waals surface area contributed by atoms with Gasteiger partial charge < -0.3 is 9.05 Å². The van der Waals surface area contributed by atoms with E-state index in [4.69, 9.17) is 9.05 Å². The summed E-state index contributed by atoms with van der Waals surface area (Å²) in [7, 11) is 0. The molecule has 0 amide bonds. The Labute approximate surface area is 228 Å². The molecule has 0 saturated carbocycles. The Morgan fingerprint density at radius 1 is 0.400 bits per heavy atom. The number of hydrogen-bond donors (Lipinski definition) is 0. The minimum atomic E-state index is -3.05. The van der Waals surface area contributed by atoms with Crippen LogP contribution in [0.4, 0.5) is 0 Å². The van der Waals surface area contributed by atoms with Gasteiger partial charge in [-0.2, -0.15) is 0 Å². The highest BCUT2D eigenvalue weighted by molar-refractivity contribution is 9.39. The predicted molar refractivity (Wildman–Crippen MR) is 160 cm³/mol. The highest BCUT2D eigenvalue weighted by atomic mass is 79.9. The molecule has 0 N–H and O–H groups in total. The van der Waals surface area contributed by atoms with E-state index in [0.717, 1.165) is 25.7 Å². The van der Waals surface area contributed by atoms with Crippen LogP contribution in [0.3, 0.4) is 0 Å². The zero-order valence-electron chi connectivity index (χ0n) is 23.8. The van der Waals surface area contributed by atoms with Crippen LogP contribution < -0.4 is 0 Å². The van der Waals surface area contributed by atoms with E-state index in [2.05, 4.69) is 29.3 Å². The molecular formula is C30H62BrO3P. The fourth-order valence-electron chi connectivity index (χ4n) is 4.62. The van der Waals surface area contributed by atoms with Crippen LogP contribution in [0, 0.1) is 0 Å². The minimum Gasteiger partial charge on any atom is -0.301 e. The second kappa shape index (κ2) is 29.2. The molecule has 0 aliphatic rings. The standard InChI is InChI=1S/C30H62BrO3P/c1-3-5-7-9-11-13-15-17-19-21-23-25-27-29-33-35(31,32)34-30-28-26-24-22-20-18-16-14-12-10-8-6-4-2/h3-30H2,1-2H3. The van der Waals surface area contributed by atoms with Gasteiger partial charge in [-0.05, 0) is 12.8 Å². The van der Waals surface area contributed by atoms with Gasteiger partial charge in [0.1, 0.15) is 0 Å². The van der Waals surface area contributed by atoms with Gasteiger partial charge in [-0.25, -0.2) is 4.57 Å². The van der Waals surface area contributed by atoms with Crippen LogP contribution in [0.15, 0.2) is 0 Å². The van der Waals surface area contributed by atoms with Crippen LogP contribution in [0.2, 0.25) is 0 Å². The summed E-state index contributed by atoms with van der Waals surface area (Å²) in [4.78, 5) is 0. The van der Waals surface area contributed by atoms with Crippen molar-refractivity contribution in [3.63, 3.8) is 0 Å². The summed E-state index contributed by atoms with van der Waals surface area (Å²) < 4.78 is 23.3. The smallest absolute Gasteiger partial charge is 0.301 e. The molecule has 0 saturated heterocycles. The summed E-state index contributed by atoms with van der Waals surface area (Å²) in [5.41, 5.74) is 0. The highest BCUT2D eigenvalue weighted by Gasteiger charge is 2.19. The number of rotatable bonds is 30. The molecule has 35 heavy (non-hydrogen) atoms. The third-order valence-corrected chi connectivity index (χ3v) is 9.20. The lowest BCUT2D eigenvalue weighted by atomic mass is 10.0. The quantitative estimate of drug-likeness (QED) is 0.0625. The molecule has 0 unspecified atom stereocenters. The third kappa shape index (κ3) is 30.7. The summed E-state index contributed by atoms with van der Waals surface area (Å²) in [5.74, 6) is 0.